The van der Waals surface area contributed by atoms with Gasteiger partial charge in [0.1, 0.15) is 17.4 Å². The molecule has 1 aromatic carbocycles. The predicted molar refractivity (Wildman–Crippen MR) is 109 cm³/mol. The Kier molecular flexibility index (Phi) is 7.47. The summed E-state index contributed by atoms with van der Waals surface area (Å²) in [6.07, 6.45) is 0.498. The Bertz CT molecular complexity index is 830. The summed E-state index contributed by atoms with van der Waals surface area (Å²) in [7, 11) is 1.55. The van der Waals surface area contributed by atoms with Crippen molar-refractivity contribution in [3.8, 4) is 6.07 Å². The van der Waals surface area contributed by atoms with Crippen molar-refractivity contribution >= 4 is 28.9 Å². The third-order valence-corrected chi connectivity index (χ3v) is 4.70. The van der Waals surface area contributed by atoms with Gasteiger partial charge in [-0.25, -0.2) is 4.99 Å². The van der Waals surface area contributed by atoms with Gasteiger partial charge in [0.15, 0.2) is 0 Å². The number of hydrogen-bond donors (Lipinski definition) is 0. The molecule has 148 valence electrons. The highest BCUT2D eigenvalue weighted by atomic mass is 16.5. The van der Waals surface area contributed by atoms with E-state index in [-0.39, 0.29) is 17.8 Å². The Labute approximate surface area is 165 Å². The highest BCUT2D eigenvalue weighted by Gasteiger charge is 2.36. The van der Waals surface area contributed by atoms with Crippen molar-refractivity contribution < 1.29 is 14.3 Å². The van der Waals surface area contributed by atoms with Crippen molar-refractivity contribution in [3.05, 3.63) is 35.4 Å². The van der Waals surface area contributed by atoms with Gasteiger partial charge in [0.2, 0.25) is 0 Å². The van der Waals surface area contributed by atoms with E-state index in [2.05, 4.69) is 23.7 Å². The third-order valence-electron chi connectivity index (χ3n) is 4.70. The smallest absolute Gasteiger partial charge is 0.279 e. The number of hydrogen-bond acceptors (Lipinski definition) is 6. The number of nitrogens with zero attached hydrogens (tertiary/aromatic N) is 4. The molecular formula is C21H26N4O3. The van der Waals surface area contributed by atoms with E-state index in [1.165, 1.54) is 0 Å². The molecule has 7 heteroatoms. The number of ether oxygens (including phenoxy) is 1. The first-order chi connectivity index (χ1) is 13.5. The van der Waals surface area contributed by atoms with E-state index < -0.39 is 11.8 Å². The Hall–Kier alpha value is -2.98. The van der Waals surface area contributed by atoms with Crippen molar-refractivity contribution in [2.45, 2.75) is 27.2 Å². The number of imide groups is 1. The molecule has 0 aliphatic carbocycles. The van der Waals surface area contributed by atoms with Gasteiger partial charge in [-0.2, -0.15) is 5.26 Å². The minimum Gasteiger partial charge on any atom is -0.385 e. The number of amides is 2. The number of nitriles is 1. The van der Waals surface area contributed by atoms with Crippen LogP contribution in [0.15, 0.2) is 40.4 Å². The van der Waals surface area contributed by atoms with Crippen LogP contribution in [-0.4, -0.2) is 55.8 Å². The summed E-state index contributed by atoms with van der Waals surface area (Å²) >= 11 is 0. The average molecular weight is 382 g/mol. The van der Waals surface area contributed by atoms with Gasteiger partial charge >= 0.3 is 0 Å². The lowest BCUT2D eigenvalue weighted by Crippen LogP contribution is -2.47. The second-order valence-corrected chi connectivity index (χ2v) is 6.37. The maximum Gasteiger partial charge on any atom is 0.279 e. The molecular weight excluding hydrogens is 356 g/mol. The Morgan fingerprint density at radius 3 is 2.32 bits per heavy atom. The summed E-state index contributed by atoms with van der Waals surface area (Å²) in [6, 6.07) is 9.48. The Balaban J connectivity index is 2.38. The van der Waals surface area contributed by atoms with Gasteiger partial charge in [-0.3, -0.25) is 14.5 Å². The molecule has 0 radical (unpaired) electrons. The molecule has 28 heavy (non-hydrogen) atoms. The maximum absolute atomic E-state index is 12.9. The normalized spacial score (nSPS) is 16.0. The molecule has 7 nitrogen and oxygen atoms in total. The lowest BCUT2D eigenvalue weighted by atomic mass is 9.98. The molecule has 0 aromatic heterocycles. The van der Waals surface area contributed by atoms with Gasteiger partial charge in [0, 0.05) is 44.6 Å². The Morgan fingerprint density at radius 1 is 1.14 bits per heavy atom. The van der Waals surface area contributed by atoms with Crippen LogP contribution in [-0.2, 0) is 14.3 Å². The van der Waals surface area contributed by atoms with Crippen LogP contribution < -0.4 is 4.90 Å². The average Bonchev–Trinajstić information content (AvgIpc) is 2.70. The largest absolute Gasteiger partial charge is 0.385 e. The number of benzene rings is 1. The van der Waals surface area contributed by atoms with Crippen molar-refractivity contribution in [2.75, 3.05) is 38.3 Å². The minimum absolute atomic E-state index is 0.0458. The van der Waals surface area contributed by atoms with Gasteiger partial charge in [0.05, 0.1) is 5.69 Å². The van der Waals surface area contributed by atoms with Crippen LogP contribution in [0, 0.1) is 11.3 Å². The number of carbonyl (C=O) groups is 2. The molecule has 0 saturated carbocycles. The second kappa shape index (κ2) is 9.81. The number of aliphatic imine (C=N–C) groups is 1. The zero-order chi connectivity index (χ0) is 20.7. The van der Waals surface area contributed by atoms with E-state index in [4.69, 9.17) is 4.74 Å². The van der Waals surface area contributed by atoms with E-state index >= 15 is 0 Å². The van der Waals surface area contributed by atoms with Gasteiger partial charge in [-0.15, -0.1) is 0 Å². The van der Waals surface area contributed by atoms with Crippen LogP contribution in [0.1, 0.15) is 27.2 Å². The maximum atomic E-state index is 12.9. The van der Waals surface area contributed by atoms with E-state index in [0.29, 0.717) is 24.3 Å². The van der Waals surface area contributed by atoms with Crippen LogP contribution in [0.2, 0.25) is 0 Å². The highest BCUT2D eigenvalue weighted by molar-refractivity contribution is 6.51. The highest BCUT2D eigenvalue weighted by Crippen LogP contribution is 2.24. The van der Waals surface area contributed by atoms with E-state index in [9.17, 15) is 14.9 Å². The summed E-state index contributed by atoms with van der Waals surface area (Å²) in [5.41, 5.74) is 2.07. The fourth-order valence-electron chi connectivity index (χ4n) is 3.08. The summed E-state index contributed by atoms with van der Waals surface area (Å²) in [5, 5.41) is 9.39. The topological polar surface area (TPSA) is 86.0 Å². The van der Waals surface area contributed by atoms with Crippen molar-refractivity contribution in [1.29, 1.82) is 5.26 Å². The number of rotatable bonds is 8. The lowest BCUT2D eigenvalue weighted by Gasteiger charge is -2.26. The van der Waals surface area contributed by atoms with E-state index in [0.717, 1.165) is 23.7 Å². The van der Waals surface area contributed by atoms with Crippen LogP contribution >= 0.6 is 0 Å². The van der Waals surface area contributed by atoms with E-state index in [1.54, 1.807) is 14.0 Å². The van der Waals surface area contributed by atoms with Gasteiger partial charge in [-0.1, -0.05) is 0 Å². The number of methoxy groups -OCH3 is 1. The first kappa shape index (κ1) is 21.3. The molecule has 1 heterocycles. The van der Waals surface area contributed by atoms with Gasteiger partial charge < -0.3 is 9.64 Å². The second-order valence-electron chi connectivity index (χ2n) is 6.37. The van der Waals surface area contributed by atoms with Crippen molar-refractivity contribution in [1.82, 2.24) is 4.90 Å². The zero-order valence-electron chi connectivity index (χ0n) is 16.9. The molecule has 0 atom stereocenters. The van der Waals surface area contributed by atoms with Gasteiger partial charge in [0.25, 0.3) is 11.8 Å². The van der Waals surface area contributed by atoms with Crippen LogP contribution in [0.3, 0.4) is 0 Å². The molecule has 0 saturated heterocycles. The lowest BCUT2D eigenvalue weighted by molar-refractivity contribution is -0.138. The van der Waals surface area contributed by atoms with Crippen molar-refractivity contribution in [3.63, 3.8) is 0 Å². The van der Waals surface area contributed by atoms with E-state index in [1.807, 2.05) is 30.3 Å². The molecule has 0 N–H and O–H groups in total. The quantitative estimate of drug-likeness (QED) is 0.510. The fourth-order valence-corrected chi connectivity index (χ4v) is 3.08. The zero-order valence-corrected chi connectivity index (χ0v) is 16.9. The molecule has 0 unspecified atom stereocenters. The summed E-state index contributed by atoms with van der Waals surface area (Å²) in [6.45, 7) is 8.16. The standard InChI is InChI=1S/C21H26N4O3/c1-5-24(6-2)17-10-8-16(9-11-17)23-19-15(3)18(14-22)20(26)25(21(19)27)12-7-13-28-4/h8-11H,5-7,12-13H2,1-4H3. The number of carbonyl (C=O) groups excluding carboxylic acids is 2. The SMILES string of the molecule is CCN(CC)c1ccc(N=C2C(=O)N(CCCOC)C(=O)C(C#N)=C2C)cc1. The monoisotopic (exact) mass is 382 g/mol. The summed E-state index contributed by atoms with van der Waals surface area (Å²) in [4.78, 5) is 33.1. The van der Waals surface area contributed by atoms with Crippen LogP contribution in [0.25, 0.3) is 0 Å². The molecule has 1 aromatic rings. The summed E-state index contributed by atoms with van der Waals surface area (Å²) in [5.74, 6) is -1.05. The summed E-state index contributed by atoms with van der Waals surface area (Å²) < 4.78 is 4.99. The first-order valence-electron chi connectivity index (χ1n) is 9.38. The molecule has 2 rings (SSSR count). The predicted octanol–water partition coefficient (Wildman–Crippen LogP) is 2.85. The van der Waals surface area contributed by atoms with Crippen LogP contribution in [0.4, 0.5) is 11.4 Å². The first-order valence-corrected chi connectivity index (χ1v) is 9.38. The third kappa shape index (κ3) is 4.46. The molecule has 0 fully saturated rings. The molecule has 1 aliphatic rings. The molecule has 0 bridgehead atoms. The van der Waals surface area contributed by atoms with Crippen LogP contribution in [0.5, 0.6) is 0 Å². The number of anilines is 1. The Morgan fingerprint density at radius 2 is 1.79 bits per heavy atom. The minimum atomic E-state index is -0.572. The molecule has 1 aliphatic heterocycles. The molecule has 0 spiro atoms. The van der Waals surface area contributed by atoms with Gasteiger partial charge in [-0.05, 0) is 51.5 Å². The molecule has 2 amide bonds. The fraction of sp³-hybridized carbons (Fsp3) is 0.429. The van der Waals surface area contributed by atoms with Crippen molar-refractivity contribution in [2.24, 2.45) is 4.99 Å².